The number of aromatic hydroxyl groups is 2. The Kier molecular flexibility index (Phi) is 3.45. The number of piperidine rings is 1. The molecule has 0 bridgehead atoms. The Morgan fingerprint density at radius 2 is 1.83 bits per heavy atom. The summed E-state index contributed by atoms with van der Waals surface area (Å²) in [7, 11) is 0. The Labute approximate surface area is 107 Å². The number of rotatable bonds is 1. The molecule has 1 fully saturated rings. The van der Waals surface area contributed by atoms with E-state index in [-0.39, 0.29) is 23.0 Å². The summed E-state index contributed by atoms with van der Waals surface area (Å²) >= 11 is 0. The molecule has 1 aliphatic rings. The number of carbonyl (C=O) groups excluding carboxylic acids is 1. The van der Waals surface area contributed by atoms with Gasteiger partial charge in [0.15, 0.2) is 0 Å². The van der Waals surface area contributed by atoms with Crippen molar-refractivity contribution < 1.29 is 15.0 Å². The molecule has 2 N–H and O–H groups in total. The van der Waals surface area contributed by atoms with E-state index in [1.165, 1.54) is 18.2 Å². The average Bonchev–Trinajstić information content (AvgIpc) is 2.30. The number of likely N-dealkylation sites (tertiary alicyclic amines) is 1. The van der Waals surface area contributed by atoms with Crippen LogP contribution in [0.3, 0.4) is 0 Å². The van der Waals surface area contributed by atoms with E-state index in [2.05, 4.69) is 13.8 Å². The molecule has 0 spiro atoms. The highest BCUT2D eigenvalue weighted by atomic mass is 16.3. The molecule has 0 radical (unpaired) electrons. The lowest BCUT2D eigenvalue weighted by Gasteiger charge is -2.35. The van der Waals surface area contributed by atoms with Crippen molar-refractivity contribution in [2.75, 3.05) is 13.1 Å². The van der Waals surface area contributed by atoms with Gasteiger partial charge in [0.05, 0.1) is 5.56 Å². The topological polar surface area (TPSA) is 60.8 Å². The SMILES string of the molecule is CC1CC(C)CN(C(=O)c2cc(O)ccc2O)C1. The van der Waals surface area contributed by atoms with Crippen molar-refractivity contribution in [2.45, 2.75) is 20.3 Å². The van der Waals surface area contributed by atoms with E-state index in [1.807, 2.05) is 0 Å². The highest BCUT2D eigenvalue weighted by Crippen LogP contribution is 2.27. The summed E-state index contributed by atoms with van der Waals surface area (Å²) in [6, 6.07) is 4.04. The summed E-state index contributed by atoms with van der Waals surface area (Å²) in [4.78, 5) is 14.1. The molecule has 2 rings (SSSR count). The van der Waals surface area contributed by atoms with Crippen molar-refractivity contribution in [3.63, 3.8) is 0 Å². The van der Waals surface area contributed by atoms with Crippen molar-refractivity contribution in [3.8, 4) is 11.5 Å². The monoisotopic (exact) mass is 249 g/mol. The van der Waals surface area contributed by atoms with E-state index >= 15 is 0 Å². The molecular formula is C14H19NO3. The van der Waals surface area contributed by atoms with Crippen LogP contribution in [0.1, 0.15) is 30.6 Å². The maximum atomic E-state index is 12.3. The Bertz CT molecular complexity index is 448. The van der Waals surface area contributed by atoms with Crippen LogP contribution in [0.25, 0.3) is 0 Å². The molecule has 0 saturated carbocycles. The number of amides is 1. The van der Waals surface area contributed by atoms with Gasteiger partial charge in [0.2, 0.25) is 0 Å². The van der Waals surface area contributed by atoms with Gasteiger partial charge in [-0.1, -0.05) is 13.8 Å². The zero-order valence-corrected chi connectivity index (χ0v) is 10.8. The molecule has 1 aromatic carbocycles. The Balaban J connectivity index is 2.22. The Hall–Kier alpha value is -1.71. The van der Waals surface area contributed by atoms with E-state index in [4.69, 9.17) is 0 Å². The maximum Gasteiger partial charge on any atom is 0.257 e. The van der Waals surface area contributed by atoms with Crippen LogP contribution in [0.15, 0.2) is 18.2 Å². The van der Waals surface area contributed by atoms with Crippen LogP contribution in [0.5, 0.6) is 11.5 Å². The van der Waals surface area contributed by atoms with Gasteiger partial charge < -0.3 is 15.1 Å². The second-order valence-electron chi connectivity index (χ2n) is 5.36. The zero-order valence-electron chi connectivity index (χ0n) is 10.8. The molecule has 0 aromatic heterocycles. The third-order valence-electron chi connectivity index (χ3n) is 3.37. The number of hydrogen-bond acceptors (Lipinski definition) is 3. The van der Waals surface area contributed by atoms with Crippen molar-refractivity contribution >= 4 is 5.91 Å². The standard InChI is InChI=1S/C14H19NO3/c1-9-5-10(2)8-15(7-9)14(18)12-6-11(16)3-4-13(12)17/h3-4,6,9-10,16-17H,5,7-8H2,1-2H3. The average molecular weight is 249 g/mol. The first-order chi connectivity index (χ1) is 8.47. The quantitative estimate of drug-likeness (QED) is 0.750. The maximum absolute atomic E-state index is 12.3. The lowest BCUT2D eigenvalue weighted by Crippen LogP contribution is -2.42. The summed E-state index contributed by atoms with van der Waals surface area (Å²) in [5.74, 6) is 0.647. The summed E-state index contributed by atoms with van der Waals surface area (Å²) in [5, 5.41) is 19.1. The van der Waals surface area contributed by atoms with Crippen LogP contribution in [0, 0.1) is 11.8 Å². The van der Waals surface area contributed by atoms with Crippen molar-refractivity contribution in [1.82, 2.24) is 4.90 Å². The molecule has 1 heterocycles. The van der Waals surface area contributed by atoms with Gasteiger partial charge in [0, 0.05) is 13.1 Å². The molecule has 1 aromatic rings. The second-order valence-corrected chi connectivity index (χ2v) is 5.36. The van der Waals surface area contributed by atoms with E-state index in [9.17, 15) is 15.0 Å². The van der Waals surface area contributed by atoms with Gasteiger partial charge in [-0.05, 0) is 36.5 Å². The highest BCUT2D eigenvalue weighted by molar-refractivity contribution is 5.97. The molecule has 2 unspecified atom stereocenters. The first-order valence-corrected chi connectivity index (χ1v) is 6.28. The lowest BCUT2D eigenvalue weighted by atomic mass is 9.91. The second kappa shape index (κ2) is 4.88. The molecule has 18 heavy (non-hydrogen) atoms. The fourth-order valence-corrected chi connectivity index (χ4v) is 2.69. The molecule has 4 nitrogen and oxygen atoms in total. The minimum atomic E-state index is -0.207. The van der Waals surface area contributed by atoms with Gasteiger partial charge >= 0.3 is 0 Å². The van der Waals surface area contributed by atoms with E-state index in [1.54, 1.807) is 4.90 Å². The third kappa shape index (κ3) is 2.58. The first kappa shape index (κ1) is 12.7. The van der Waals surface area contributed by atoms with Crippen LogP contribution in [-0.4, -0.2) is 34.1 Å². The highest BCUT2D eigenvalue weighted by Gasteiger charge is 2.27. The van der Waals surface area contributed by atoms with Crippen LogP contribution >= 0.6 is 0 Å². The predicted molar refractivity (Wildman–Crippen MR) is 68.6 cm³/mol. The number of carbonyl (C=O) groups is 1. The first-order valence-electron chi connectivity index (χ1n) is 6.28. The summed E-state index contributed by atoms with van der Waals surface area (Å²) in [6.45, 7) is 5.66. The largest absolute Gasteiger partial charge is 0.508 e. The van der Waals surface area contributed by atoms with Crippen molar-refractivity contribution in [1.29, 1.82) is 0 Å². The number of hydrogen-bond donors (Lipinski definition) is 2. The fraction of sp³-hybridized carbons (Fsp3) is 0.500. The molecule has 2 atom stereocenters. The summed E-state index contributed by atoms with van der Waals surface area (Å²) < 4.78 is 0. The number of phenolic OH excluding ortho intramolecular Hbond substituents is 2. The lowest BCUT2D eigenvalue weighted by molar-refractivity contribution is 0.0619. The molecule has 1 amide bonds. The van der Waals surface area contributed by atoms with Gasteiger partial charge in [-0.2, -0.15) is 0 Å². The van der Waals surface area contributed by atoms with E-state index in [0.29, 0.717) is 24.9 Å². The molecule has 98 valence electrons. The Morgan fingerprint density at radius 3 is 2.44 bits per heavy atom. The third-order valence-corrected chi connectivity index (χ3v) is 3.37. The minimum Gasteiger partial charge on any atom is -0.508 e. The fourth-order valence-electron chi connectivity index (χ4n) is 2.69. The normalized spacial score (nSPS) is 24.0. The Morgan fingerprint density at radius 1 is 1.22 bits per heavy atom. The van der Waals surface area contributed by atoms with Gasteiger partial charge in [-0.15, -0.1) is 0 Å². The van der Waals surface area contributed by atoms with Gasteiger partial charge in [0.1, 0.15) is 11.5 Å². The summed E-state index contributed by atoms with van der Waals surface area (Å²) in [6.07, 6.45) is 1.12. The van der Waals surface area contributed by atoms with Crippen LogP contribution in [0.4, 0.5) is 0 Å². The zero-order chi connectivity index (χ0) is 13.3. The van der Waals surface area contributed by atoms with Crippen LogP contribution in [-0.2, 0) is 0 Å². The van der Waals surface area contributed by atoms with Crippen LogP contribution < -0.4 is 0 Å². The number of nitrogens with zero attached hydrogens (tertiary/aromatic N) is 1. The van der Waals surface area contributed by atoms with Gasteiger partial charge in [-0.3, -0.25) is 4.79 Å². The molecule has 1 saturated heterocycles. The number of phenols is 2. The molecule has 0 aliphatic carbocycles. The molecule has 4 heteroatoms. The molecular weight excluding hydrogens is 230 g/mol. The minimum absolute atomic E-state index is 0.00532. The summed E-state index contributed by atoms with van der Waals surface area (Å²) in [5.41, 5.74) is 0.177. The van der Waals surface area contributed by atoms with E-state index in [0.717, 1.165) is 6.42 Å². The van der Waals surface area contributed by atoms with Gasteiger partial charge in [0.25, 0.3) is 5.91 Å². The predicted octanol–water partition coefficient (Wildman–Crippen LogP) is 2.22. The van der Waals surface area contributed by atoms with E-state index < -0.39 is 0 Å². The number of benzene rings is 1. The molecule has 1 aliphatic heterocycles. The van der Waals surface area contributed by atoms with Crippen molar-refractivity contribution in [2.24, 2.45) is 11.8 Å². The van der Waals surface area contributed by atoms with Gasteiger partial charge in [-0.25, -0.2) is 0 Å². The van der Waals surface area contributed by atoms with Crippen LogP contribution in [0.2, 0.25) is 0 Å². The van der Waals surface area contributed by atoms with Crippen molar-refractivity contribution in [3.05, 3.63) is 23.8 Å². The smallest absolute Gasteiger partial charge is 0.257 e.